The predicted molar refractivity (Wildman–Crippen MR) is 96.8 cm³/mol. The van der Waals surface area contributed by atoms with E-state index < -0.39 is 11.5 Å². The SMILES string of the molecule is Cc1c(C)c2cc(Cl)c(OCC(=O)Nc3nc(C)n(C)n3)cc2oc1=O. The summed E-state index contributed by atoms with van der Waals surface area (Å²) in [5.74, 6) is 0.666. The molecule has 136 valence electrons. The topological polar surface area (TPSA) is 99.2 Å². The smallest absolute Gasteiger partial charge is 0.339 e. The fourth-order valence-corrected chi connectivity index (χ4v) is 2.59. The number of hydrogen-bond donors (Lipinski definition) is 1. The summed E-state index contributed by atoms with van der Waals surface area (Å²) in [6.45, 7) is 4.99. The monoisotopic (exact) mass is 376 g/mol. The van der Waals surface area contributed by atoms with Crippen LogP contribution in [0.5, 0.6) is 5.75 Å². The molecule has 1 aromatic carbocycles. The van der Waals surface area contributed by atoms with Crippen molar-refractivity contribution in [3.8, 4) is 5.75 Å². The molecule has 3 aromatic rings. The fraction of sp³-hybridized carbons (Fsp3) is 0.294. The molecule has 2 heterocycles. The van der Waals surface area contributed by atoms with Gasteiger partial charge in [0.25, 0.3) is 5.91 Å². The number of carbonyl (C=O) groups is 1. The Labute approximate surface area is 153 Å². The number of halogens is 1. The number of rotatable bonds is 4. The van der Waals surface area contributed by atoms with Gasteiger partial charge in [0.2, 0.25) is 5.95 Å². The van der Waals surface area contributed by atoms with E-state index in [4.69, 9.17) is 20.8 Å². The summed E-state index contributed by atoms with van der Waals surface area (Å²) < 4.78 is 12.3. The van der Waals surface area contributed by atoms with Gasteiger partial charge in [0.15, 0.2) is 6.61 Å². The second-order valence-corrected chi connectivity index (χ2v) is 6.27. The lowest BCUT2D eigenvalue weighted by molar-refractivity contribution is -0.118. The molecule has 1 amide bonds. The maximum absolute atomic E-state index is 12.0. The molecule has 0 unspecified atom stereocenters. The Balaban J connectivity index is 1.78. The highest BCUT2D eigenvalue weighted by molar-refractivity contribution is 6.32. The van der Waals surface area contributed by atoms with Gasteiger partial charge in [-0.05, 0) is 32.4 Å². The van der Waals surface area contributed by atoms with E-state index in [2.05, 4.69) is 15.4 Å². The van der Waals surface area contributed by atoms with E-state index in [0.717, 1.165) is 10.9 Å². The molecular weight excluding hydrogens is 360 g/mol. The van der Waals surface area contributed by atoms with Gasteiger partial charge >= 0.3 is 5.63 Å². The Morgan fingerprint density at radius 1 is 1.31 bits per heavy atom. The number of anilines is 1. The van der Waals surface area contributed by atoms with Gasteiger partial charge in [0.05, 0.1) is 5.02 Å². The van der Waals surface area contributed by atoms with Crippen molar-refractivity contribution >= 4 is 34.4 Å². The minimum Gasteiger partial charge on any atom is -0.482 e. The van der Waals surface area contributed by atoms with Crippen LogP contribution in [0.2, 0.25) is 5.02 Å². The highest BCUT2D eigenvalue weighted by Gasteiger charge is 2.14. The van der Waals surface area contributed by atoms with E-state index in [9.17, 15) is 9.59 Å². The average Bonchev–Trinajstić information content (AvgIpc) is 2.89. The van der Waals surface area contributed by atoms with Crippen molar-refractivity contribution in [2.45, 2.75) is 20.8 Å². The molecule has 0 saturated carbocycles. The maximum atomic E-state index is 12.0. The first kappa shape index (κ1) is 17.9. The normalized spacial score (nSPS) is 11.0. The van der Waals surface area contributed by atoms with Crippen molar-refractivity contribution in [2.24, 2.45) is 7.05 Å². The van der Waals surface area contributed by atoms with Crippen molar-refractivity contribution in [3.63, 3.8) is 0 Å². The van der Waals surface area contributed by atoms with Crippen LogP contribution in [-0.4, -0.2) is 27.3 Å². The standard InChI is InChI=1S/C17H17ClN4O4/c1-8-9(2)16(24)26-13-6-14(12(18)5-11(8)13)25-7-15(23)20-17-19-10(3)22(4)21-17/h5-6H,7H2,1-4H3,(H,20,21,23). The molecule has 0 radical (unpaired) electrons. The number of aryl methyl sites for hydroxylation is 3. The molecule has 0 aliphatic heterocycles. The second kappa shape index (κ2) is 6.80. The van der Waals surface area contributed by atoms with E-state index in [1.165, 1.54) is 6.07 Å². The summed E-state index contributed by atoms with van der Waals surface area (Å²) in [4.78, 5) is 27.9. The molecule has 26 heavy (non-hydrogen) atoms. The number of nitrogens with one attached hydrogen (secondary N) is 1. The van der Waals surface area contributed by atoms with Gasteiger partial charge in [0, 0.05) is 24.1 Å². The van der Waals surface area contributed by atoms with Crippen LogP contribution < -0.4 is 15.7 Å². The quantitative estimate of drug-likeness (QED) is 0.702. The minimum absolute atomic E-state index is 0.195. The first-order chi connectivity index (χ1) is 12.3. The minimum atomic E-state index is -0.437. The highest BCUT2D eigenvalue weighted by atomic mass is 35.5. The fourth-order valence-electron chi connectivity index (χ4n) is 2.37. The van der Waals surface area contributed by atoms with Crippen LogP contribution >= 0.6 is 11.6 Å². The lowest BCUT2D eigenvalue weighted by Crippen LogP contribution is -2.21. The first-order valence-corrected chi connectivity index (χ1v) is 8.18. The number of fused-ring (bicyclic) bond motifs is 1. The average molecular weight is 377 g/mol. The van der Waals surface area contributed by atoms with Crippen LogP contribution in [0.15, 0.2) is 21.3 Å². The molecule has 1 N–H and O–H groups in total. The van der Waals surface area contributed by atoms with Crippen LogP contribution in [0.25, 0.3) is 11.0 Å². The van der Waals surface area contributed by atoms with Crippen LogP contribution in [-0.2, 0) is 11.8 Å². The van der Waals surface area contributed by atoms with Gasteiger partial charge in [0.1, 0.15) is 17.2 Å². The largest absolute Gasteiger partial charge is 0.482 e. The number of benzene rings is 1. The van der Waals surface area contributed by atoms with Crippen molar-refractivity contribution < 1.29 is 13.9 Å². The summed E-state index contributed by atoms with van der Waals surface area (Å²) in [6, 6.07) is 3.15. The Bertz CT molecular complexity index is 1050. The van der Waals surface area contributed by atoms with Crippen molar-refractivity contribution in [2.75, 3.05) is 11.9 Å². The molecule has 0 aliphatic carbocycles. The highest BCUT2D eigenvalue weighted by Crippen LogP contribution is 2.31. The summed E-state index contributed by atoms with van der Waals surface area (Å²) >= 11 is 6.23. The van der Waals surface area contributed by atoms with Crippen molar-refractivity contribution in [3.05, 3.63) is 44.5 Å². The molecule has 0 aliphatic rings. The molecule has 9 heteroatoms. The Kier molecular flexibility index (Phi) is 4.69. The van der Waals surface area contributed by atoms with Crippen molar-refractivity contribution in [1.82, 2.24) is 14.8 Å². The van der Waals surface area contributed by atoms with Gasteiger partial charge in [-0.1, -0.05) is 11.6 Å². The maximum Gasteiger partial charge on any atom is 0.339 e. The van der Waals surface area contributed by atoms with Gasteiger partial charge < -0.3 is 9.15 Å². The van der Waals surface area contributed by atoms with Gasteiger partial charge in [-0.25, -0.2) is 4.79 Å². The lowest BCUT2D eigenvalue weighted by Gasteiger charge is -2.10. The van der Waals surface area contributed by atoms with Crippen LogP contribution in [0.1, 0.15) is 17.0 Å². The predicted octanol–water partition coefficient (Wildman–Crippen LogP) is 2.52. The molecular formula is C17H17ClN4O4. The van der Waals surface area contributed by atoms with E-state index in [1.54, 1.807) is 31.6 Å². The van der Waals surface area contributed by atoms with Crippen molar-refractivity contribution in [1.29, 1.82) is 0 Å². The summed E-state index contributed by atoms with van der Waals surface area (Å²) in [7, 11) is 1.72. The third-order valence-corrected chi connectivity index (χ3v) is 4.40. The van der Waals surface area contributed by atoms with Crippen LogP contribution in [0.4, 0.5) is 5.95 Å². The zero-order chi connectivity index (χ0) is 19.0. The zero-order valence-electron chi connectivity index (χ0n) is 14.7. The lowest BCUT2D eigenvalue weighted by atomic mass is 10.1. The van der Waals surface area contributed by atoms with Gasteiger partial charge in [-0.2, -0.15) is 4.98 Å². The Morgan fingerprint density at radius 3 is 2.69 bits per heavy atom. The molecule has 8 nitrogen and oxygen atoms in total. The summed E-state index contributed by atoms with van der Waals surface area (Å²) in [6.07, 6.45) is 0. The number of nitrogens with zero attached hydrogens (tertiary/aromatic N) is 3. The first-order valence-electron chi connectivity index (χ1n) is 7.80. The number of aromatic nitrogens is 3. The number of hydrogen-bond acceptors (Lipinski definition) is 6. The summed E-state index contributed by atoms with van der Waals surface area (Å²) in [5.41, 5.74) is 1.25. The third kappa shape index (κ3) is 3.41. The van der Waals surface area contributed by atoms with E-state index in [-0.39, 0.29) is 18.3 Å². The molecule has 3 rings (SSSR count). The number of amides is 1. The number of carbonyl (C=O) groups excluding carboxylic acids is 1. The molecule has 0 fully saturated rings. The van der Waals surface area contributed by atoms with Crippen LogP contribution in [0.3, 0.4) is 0 Å². The molecule has 0 bridgehead atoms. The molecule has 0 atom stereocenters. The molecule has 0 saturated heterocycles. The van der Waals surface area contributed by atoms with E-state index in [1.807, 2.05) is 6.92 Å². The Hall–Kier alpha value is -2.87. The van der Waals surface area contributed by atoms with E-state index >= 15 is 0 Å². The van der Waals surface area contributed by atoms with Gasteiger partial charge in [-0.3, -0.25) is 14.8 Å². The van der Waals surface area contributed by atoms with E-state index in [0.29, 0.717) is 22.0 Å². The zero-order valence-corrected chi connectivity index (χ0v) is 15.5. The Morgan fingerprint density at radius 2 is 2.04 bits per heavy atom. The summed E-state index contributed by atoms with van der Waals surface area (Å²) in [5, 5.41) is 7.60. The second-order valence-electron chi connectivity index (χ2n) is 5.86. The third-order valence-electron chi connectivity index (χ3n) is 4.10. The molecule has 0 spiro atoms. The van der Waals surface area contributed by atoms with Gasteiger partial charge in [-0.15, -0.1) is 5.10 Å². The number of ether oxygens (including phenoxy) is 1. The van der Waals surface area contributed by atoms with Crippen LogP contribution in [0, 0.1) is 20.8 Å². The molecule has 2 aromatic heterocycles.